The zero-order valence-electron chi connectivity index (χ0n) is 19.2. The fourth-order valence-corrected chi connectivity index (χ4v) is 4.13. The minimum Gasteiger partial charge on any atom is -0.508 e. The molecule has 1 aliphatic heterocycles. The maximum atomic E-state index is 13.5. The maximum absolute atomic E-state index is 13.5. The third-order valence-corrected chi connectivity index (χ3v) is 6.10. The Morgan fingerprint density at radius 3 is 2.41 bits per heavy atom. The summed E-state index contributed by atoms with van der Waals surface area (Å²) in [7, 11) is 0. The molecule has 0 spiro atoms. The molecule has 1 atom stereocenters. The van der Waals surface area contributed by atoms with Crippen LogP contribution in [-0.4, -0.2) is 25.8 Å². The van der Waals surface area contributed by atoms with Crippen LogP contribution in [0.15, 0.2) is 84.1 Å². The molecule has 34 heavy (non-hydrogen) atoms. The summed E-state index contributed by atoms with van der Waals surface area (Å²) in [5.41, 5.74) is 6.00. The predicted octanol–water partition coefficient (Wildman–Crippen LogP) is 5.20. The molecule has 170 valence electrons. The molecule has 1 amide bonds. The van der Waals surface area contributed by atoms with Crippen molar-refractivity contribution in [3.63, 3.8) is 0 Å². The lowest BCUT2D eigenvalue weighted by Gasteiger charge is -2.28. The number of nitrogens with one attached hydrogen (secondary N) is 2. The Balaban J connectivity index is 1.60. The van der Waals surface area contributed by atoms with E-state index in [4.69, 9.17) is 10.1 Å². The van der Waals surface area contributed by atoms with Crippen LogP contribution in [0.1, 0.15) is 29.7 Å². The Kier molecular flexibility index (Phi) is 5.37. The Hall–Kier alpha value is -4.39. The number of anilines is 2. The van der Waals surface area contributed by atoms with Gasteiger partial charge in [0.25, 0.3) is 5.91 Å². The van der Waals surface area contributed by atoms with Crippen LogP contribution in [0.5, 0.6) is 5.75 Å². The molecule has 3 N–H and O–H groups in total. The van der Waals surface area contributed by atoms with E-state index in [1.165, 1.54) is 5.56 Å². The van der Waals surface area contributed by atoms with E-state index in [1.807, 2.05) is 43.3 Å². The molecule has 1 unspecified atom stereocenters. The first-order chi connectivity index (χ1) is 16.4. The Morgan fingerprint density at radius 2 is 1.71 bits per heavy atom. The molecule has 7 heteroatoms. The SMILES string of the molecule is CC1=C(C(=O)Nc2ccccc2)C(c2ccc(O)cc2)n2nc(-c3ccc(C)c(C)c3)nc2N1. The van der Waals surface area contributed by atoms with Crippen molar-refractivity contribution >= 4 is 17.5 Å². The van der Waals surface area contributed by atoms with E-state index in [0.717, 1.165) is 16.7 Å². The topological polar surface area (TPSA) is 92.1 Å². The Morgan fingerprint density at radius 1 is 0.971 bits per heavy atom. The van der Waals surface area contributed by atoms with Crippen molar-refractivity contribution < 1.29 is 9.90 Å². The number of carbonyl (C=O) groups is 1. The van der Waals surface area contributed by atoms with Gasteiger partial charge in [0, 0.05) is 16.9 Å². The minimum atomic E-state index is -0.520. The second-order valence-corrected chi connectivity index (χ2v) is 8.48. The second-order valence-electron chi connectivity index (χ2n) is 8.48. The number of fused-ring (bicyclic) bond motifs is 1. The van der Waals surface area contributed by atoms with Gasteiger partial charge in [-0.2, -0.15) is 4.98 Å². The molecule has 0 bridgehead atoms. The number of benzene rings is 3. The van der Waals surface area contributed by atoms with Crippen LogP contribution in [-0.2, 0) is 4.79 Å². The highest BCUT2D eigenvalue weighted by Crippen LogP contribution is 2.37. The van der Waals surface area contributed by atoms with Gasteiger partial charge < -0.3 is 15.7 Å². The zero-order chi connectivity index (χ0) is 23.8. The molecule has 0 radical (unpaired) electrons. The largest absolute Gasteiger partial charge is 0.508 e. The second kappa shape index (κ2) is 8.51. The summed E-state index contributed by atoms with van der Waals surface area (Å²) in [5, 5.41) is 20.9. The number of aromatic nitrogens is 3. The zero-order valence-corrected chi connectivity index (χ0v) is 19.2. The fraction of sp³-hybridized carbons (Fsp3) is 0.148. The number of rotatable bonds is 4. The summed E-state index contributed by atoms with van der Waals surface area (Å²) >= 11 is 0. The van der Waals surface area contributed by atoms with E-state index in [1.54, 1.807) is 28.9 Å². The average molecular weight is 452 g/mol. The van der Waals surface area contributed by atoms with Crippen molar-refractivity contribution in [3.8, 4) is 17.1 Å². The summed E-state index contributed by atoms with van der Waals surface area (Å²) < 4.78 is 1.74. The van der Waals surface area contributed by atoms with Gasteiger partial charge in [0.2, 0.25) is 5.95 Å². The molecule has 0 aliphatic carbocycles. The number of aryl methyl sites for hydroxylation is 2. The quantitative estimate of drug-likeness (QED) is 0.397. The van der Waals surface area contributed by atoms with Crippen LogP contribution in [0.4, 0.5) is 11.6 Å². The van der Waals surface area contributed by atoms with Gasteiger partial charge in [0.05, 0.1) is 5.57 Å². The van der Waals surface area contributed by atoms with Crippen molar-refractivity contribution in [2.24, 2.45) is 0 Å². The number of aromatic hydroxyl groups is 1. The molecule has 1 aliphatic rings. The molecule has 0 fully saturated rings. The van der Waals surface area contributed by atoms with Crippen LogP contribution >= 0.6 is 0 Å². The molecular weight excluding hydrogens is 426 g/mol. The van der Waals surface area contributed by atoms with E-state index in [2.05, 4.69) is 36.6 Å². The maximum Gasteiger partial charge on any atom is 0.255 e. The number of phenols is 1. The molecule has 4 aromatic rings. The van der Waals surface area contributed by atoms with E-state index in [-0.39, 0.29) is 11.7 Å². The third kappa shape index (κ3) is 3.92. The van der Waals surface area contributed by atoms with Crippen LogP contribution < -0.4 is 10.6 Å². The first-order valence-corrected chi connectivity index (χ1v) is 11.1. The number of amides is 1. The fourth-order valence-electron chi connectivity index (χ4n) is 4.13. The number of para-hydroxylation sites is 1. The van der Waals surface area contributed by atoms with Gasteiger partial charge in [-0.25, -0.2) is 4.68 Å². The summed E-state index contributed by atoms with van der Waals surface area (Å²) in [6.07, 6.45) is 0. The minimum absolute atomic E-state index is 0.156. The smallest absolute Gasteiger partial charge is 0.255 e. The molecule has 5 rings (SSSR count). The highest BCUT2D eigenvalue weighted by molar-refractivity contribution is 6.06. The Bertz CT molecular complexity index is 1400. The molecule has 7 nitrogen and oxygen atoms in total. The van der Waals surface area contributed by atoms with Crippen LogP contribution in [0.25, 0.3) is 11.4 Å². The van der Waals surface area contributed by atoms with Gasteiger partial charge >= 0.3 is 0 Å². The van der Waals surface area contributed by atoms with Crippen LogP contribution in [0.3, 0.4) is 0 Å². The number of carbonyl (C=O) groups excluding carboxylic acids is 1. The number of allylic oxidation sites excluding steroid dienone is 1. The van der Waals surface area contributed by atoms with Crippen molar-refractivity contribution in [2.45, 2.75) is 26.8 Å². The first-order valence-electron chi connectivity index (χ1n) is 11.1. The van der Waals surface area contributed by atoms with Crippen LogP contribution in [0, 0.1) is 13.8 Å². The molecule has 2 heterocycles. The normalized spacial score (nSPS) is 15.0. The van der Waals surface area contributed by atoms with E-state index in [0.29, 0.717) is 28.7 Å². The average Bonchev–Trinajstić information content (AvgIpc) is 3.24. The van der Waals surface area contributed by atoms with Crippen molar-refractivity contribution in [1.82, 2.24) is 14.8 Å². The number of hydrogen-bond acceptors (Lipinski definition) is 5. The number of nitrogens with zero attached hydrogens (tertiary/aromatic N) is 3. The lowest BCUT2D eigenvalue weighted by Crippen LogP contribution is -2.31. The molecular formula is C27H25N5O2. The Labute approximate surface area is 197 Å². The van der Waals surface area contributed by atoms with Crippen molar-refractivity contribution in [3.05, 3.63) is 101 Å². The molecule has 0 saturated carbocycles. The monoisotopic (exact) mass is 451 g/mol. The summed E-state index contributed by atoms with van der Waals surface area (Å²) in [5.74, 6) is 1.05. The highest BCUT2D eigenvalue weighted by atomic mass is 16.3. The summed E-state index contributed by atoms with van der Waals surface area (Å²) in [6, 6.07) is 21.8. The standard InChI is InChI=1S/C27H25N5O2/c1-16-9-10-20(15-17(16)2)25-30-27-28-18(3)23(26(34)29-21-7-5-4-6-8-21)24(32(27)31-25)19-11-13-22(33)14-12-19/h4-15,24,33H,1-3H3,(H,29,34)(H,28,30,31). The van der Waals surface area contributed by atoms with Gasteiger partial charge in [-0.3, -0.25) is 4.79 Å². The van der Waals surface area contributed by atoms with Crippen molar-refractivity contribution in [2.75, 3.05) is 10.6 Å². The molecule has 3 aromatic carbocycles. The van der Waals surface area contributed by atoms with Gasteiger partial charge in [-0.1, -0.05) is 42.5 Å². The third-order valence-electron chi connectivity index (χ3n) is 6.10. The number of hydrogen-bond donors (Lipinski definition) is 3. The molecule has 1 aromatic heterocycles. The van der Waals surface area contributed by atoms with Gasteiger partial charge in [0.15, 0.2) is 5.82 Å². The first kappa shape index (κ1) is 21.5. The molecule has 0 saturated heterocycles. The van der Waals surface area contributed by atoms with E-state index >= 15 is 0 Å². The van der Waals surface area contributed by atoms with Crippen molar-refractivity contribution in [1.29, 1.82) is 0 Å². The lowest BCUT2D eigenvalue weighted by molar-refractivity contribution is -0.113. The van der Waals surface area contributed by atoms with Gasteiger partial charge in [-0.05, 0) is 67.8 Å². The van der Waals surface area contributed by atoms with E-state index < -0.39 is 6.04 Å². The van der Waals surface area contributed by atoms with E-state index in [9.17, 15) is 9.90 Å². The highest BCUT2D eigenvalue weighted by Gasteiger charge is 2.34. The van der Waals surface area contributed by atoms with Crippen LogP contribution in [0.2, 0.25) is 0 Å². The number of phenolic OH excluding ortho intramolecular Hbond substituents is 1. The predicted molar refractivity (Wildman–Crippen MR) is 133 cm³/mol. The lowest BCUT2D eigenvalue weighted by atomic mass is 9.95. The van der Waals surface area contributed by atoms with Gasteiger partial charge in [-0.15, -0.1) is 5.10 Å². The van der Waals surface area contributed by atoms with Gasteiger partial charge in [0.1, 0.15) is 11.8 Å². The summed E-state index contributed by atoms with van der Waals surface area (Å²) in [6.45, 7) is 5.99. The summed E-state index contributed by atoms with van der Waals surface area (Å²) in [4.78, 5) is 18.2.